The number of amides is 2. The topological polar surface area (TPSA) is 116 Å². The summed E-state index contributed by atoms with van der Waals surface area (Å²) in [4.78, 5) is 24.3. The highest BCUT2D eigenvalue weighted by Crippen LogP contribution is 2.16. The Morgan fingerprint density at radius 2 is 1.92 bits per heavy atom. The molecule has 3 N–H and O–H groups in total. The number of hydrogen-bond donors (Lipinski definition) is 3. The van der Waals surface area contributed by atoms with Crippen LogP contribution in [-0.4, -0.2) is 56.6 Å². The van der Waals surface area contributed by atoms with E-state index >= 15 is 0 Å². The summed E-state index contributed by atoms with van der Waals surface area (Å²) in [5, 5.41) is 11.5. The Labute approximate surface area is 140 Å². The van der Waals surface area contributed by atoms with Crippen molar-refractivity contribution >= 4 is 22.0 Å². The zero-order chi connectivity index (χ0) is 17.7. The minimum Gasteiger partial charge on any atom is -0.481 e. The summed E-state index contributed by atoms with van der Waals surface area (Å²) in [6.45, 7) is 2.61. The molecule has 0 bridgehead atoms. The Balaban J connectivity index is 1.75. The third-order valence-corrected chi connectivity index (χ3v) is 5.33. The molecule has 1 unspecified atom stereocenters. The van der Waals surface area contributed by atoms with Crippen molar-refractivity contribution in [2.75, 3.05) is 26.2 Å². The van der Waals surface area contributed by atoms with E-state index in [4.69, 9.17) is 5.11 Å². The first-order chi connectivity index (χ1) is 11.3. The summed E-state index contributed by atoms with van der Waals surface area (Å²) in [7, 11) is -3.61. The van der Waals surface area contributed by atoms with Crippen LogP contribution in [0.4, 0.5) is 4.79 Å². The van der Waals surface area contributed by atoms with E-state index in [0.29, 0.717) is 13.0 Å². The molecule has 9 heteroatoms. The molecular weight excluding hydrogens is 334 g/mol. The van der Waals surface area contributed by atoms with E-state index in [9.17, 15) is 18.0 Å². The Kier molecular flexibility index (Phi) is 5.79. The number of aliphatic carboxylic acids is 1. The van der Waals surface area contributed by atoms with Gasteiger partial charge in [0.25, 0.3) is 0 Å². The number of carboxylic acid groups (broad SMARTS) is 1. The largest absolute Gasteiger partial charge is 0.481 e. The number of hydrogen-bond acceptors (Lipinski definition) is 4. The smallest absolute Gasteiger partial charge is 0.317 e. The molecule has 2 amide bonds. The van der Waals surface area contributed by atoms with Crippen LogP contribution in [-0.2, 0) is 14.8 Å². The molecule has 1 saturated heterocycles. The fourth-order valence-electron chi connectivity index (χ4n) is 2.41. The molecule has 24 heavy (non-hydrogen) atoms. The first kappa shape index (κ1) is 18.2. The lowest BCUT2D eigenvalue weighted by molar-refractivity contribution is -0.141. The second-order valence-corrected chi connectivity index (χ2v) is 7.48. The predicted octanol–water partition coefficient (Wildman–Crippen LogP) is 0.389. The van der Waals surface area contributed by atoms with E-state index < -0.39 is 21.9 Å². The van der Waals surface area contributed by atoms with Gasteiger partial charge in [0, 0.05) is 26.2 Å². The SMILES string of the molecule is Cc1ccc(S(=O)(=O)NCCNC(=O)N2CCC(C(=O)O)C2)cc1. The summed E-state index contributed by atoms with van der Waals surface area (Å²) >= 11 is 0. The van der Waals surface area contributed by atoms with Gasteiger partial charge in [-0.05, 0) is 25.5 Å². The lowest BCUT2D eigenvalue weighted by atomic mass is 10.1. The molecule has 0 spiro atoms. The third-order valence-electron chi connectivity index (χ3n) is 3.85. The highest BCUT2D eigenvalue weighted by molar-refractivity contribution is 7.89. The van der Waals surface area contributed by atoms with Gasteiger partial charge in [0.2, 0.25) is 10.0 Å². The number of likely N-dealkylation sites (tertiary alicyclic amines) is 1. The average molecular weight is 355 g/mol. The molecule has 1 aromatic carbocycles. The molecular formula is C15H21N3O5S. The van der Waals surface area contributed by atoms with Crippen LogP contribution in [0.25, 0.3) is 0 Å². The molecule has 1 aromatic rings. The normalized spacial score (nSPS) is 17.7. The van der Waals surface area contributed by atoms with Crippen molar-refractivity contribution in [1.82, 2.24) is 14.9 Å². The van der Waals surface area contributed by atoms with E-state index in [1.807, 2.05) is 6.92 Å². The average Bonchev–Trinajstić information content (AvgIpc) is 3.02. The molecule has 1 atom stereocenters. The maximum Gasteiger partial charge on any atom is 0.317 e. The molecule has 1 aliphatic rings. The van der Waals surface area contributed by atoms with Crippen LogP contribution in [0.2, 0.25) is 0 Å². The van der Waals surface area contributed by atoms with Crippen LogP contribution in [0, 0.1) is 12.8 Å². The molecule has 0 aliphatic carbocycles. The second-order valence-electron chi connectivity index (χ2n) is 5.71. The number of carbonyl (C=O) groups is 2. The highest BCUT2D eigenvalue weighted by Gasteiger charge is 2.30. The van der Waals surface area contributed by atoms with Crippen LogP contribution >= 0.6 is 0 Å². The Hall–Kier alpha value is -2.13. The molecule has 1 fully saturated rings. The summed E-state index contributed by atoms with van der Waals surface area (Å²) in [6.07, 6.45) is 0.433. The Morgan fingerprint density at radius 1 is 1.25 bits per heavy atom. The van der Waals surface area contributed by atoms with Crippen molar-refractivity contribution in [2.45, 2.75) is 18.2 Å². The highest BCUT2D eigenvalue weighted by atomic mass is 32.2. The van der Waals surface area contributed by atoms with Crippen molar-refractivity contribution in [3.63, 3.8) is 0 Å². The zero-order valence-corrected chi connectivity index (χ0v) is 14.2. The van der Waals surface area contributed by atoms with E-state index in [-0.39, 0.29) is 30.6 Å². The number of aryl methyl sites for hydroxylation is 1. The number of nitrogens with zero attached hydrogens (tertiary/aromatic N) is 1. The van der Waals surface area contributed by atoms with Crippen molar-refractivity contribution in [1.29, 1.82) is 0 Å². The zero-order valence-electron chi connectivity index (χ0n) is 13.4. The van der Waals surface area contributed by atoms with Crippen LogP contribution in [0.3, 0.4) is 0 Å². The molecule has 1 aliphatic heterocycles. The summed E-state index contributed by atoms with van der Waals surface area (Å²) in [5.41, 5.74) is 0.964. The minimum atomic E-state index is -3.61. The Bertz CT molecular complexity index is 702. The minimum absolute atomic E-state index is 0.0537. The quantitative estimate of drug-likeness (QED) is 0.639. The second kappa shape index (κ2) is 7.63. The van der Waals surface area contributed by atoms with Crippen molar-refractivity contribution in [2.24, 2.45) is 5.92 Å². The summed E-state index contributed by atoms with van der Waals surface area (Å²) < 4.78 is 26.5. The number of rotatable bonds is 6. The van der Waals surface area contributed by atoms with Crippen LogP contribution in [0.1, 0.15) is 12.0 Å². The Morgan fingerprint density at radius 3 is 2.50 bits per heavy atom. The van der Waals surface area contributed by atoms with Gasteiger partial charge in [-0.25, -0.2) is 17.9 Å². The third kappa shape index (κ3) is 4.68. The van der Waals surface area contributed by atoms with E-state index in [2.05, 4.69) is 10.0 Å². The lowest BCUT2D eigenvalue weighted by Crippen LogP contribution is -2.42. The molecule has 0 aromatic heterocycles. The maximum absolute atomic E-state index is 12.1. The molecule has 0 radical (unpaired) electrons. The van der Waals surface area contributed by atoms with Gasteiger partial charge < -0.3 is 15.3 Å². The fraction of sp³-hybridized carbons (Fsp3) is 0.467. The summed E-state index contributed by atoms with van der Waals surface area (Å²) in [6, 6.07) is 6.08. The van der Waals surface area contributed by atoms with Crippen molar-refractivity contribution in [3.05, 3.63) is 29.8 Å². The van der Waals surface area contributed by atoms with Crippen LogP contribution < -0.4 is 10.0 Å². The van der Waals surface area contributed by atoms with E-state index in [0.717, 1.165) is 5.56 Å². The van der Waals surface area contributed by atoms with Crippen LogP contribution in [0.15, 0.2) is 29.2 Å². The molecule has 8 nitrogen and oxygen atoms in total. The predicted molar refractivity (Wildman–Crippen MR) is 87.1 cm³/mol. The molecule has 2 rings (SSSR count). The van der Waals surface area contributed by atoms with Gasteiger partial charge in [-0.15, -0.1) is 0 Å². The molecule has 0 saturated carbocycles. The number of carbonyl (C=O) groups excluding carboxylic acids is 1. The van der Waals surface area contributed by atoms with Crippen molar-refractivity contribution < 1.29 is 23.1 Å². The number of nitrogens with one attached hydrogen (secondary N) is 2. The van der Waals surface area contributed by atoms with Gasteiger partial charge in [0.15, 0.2) is 0 Å². The standard InChI is InChI=1S/C15H21N3O5S/c1-11-2-4-13(5-3-11)24(22,23)17-8-7-16-15(21)18-9-6-12(10-18)14(19)20/h2-5,12,17H,6-10H2,1H3,(H,16,21)(H,19,20). The maximum atomic E-state index is 12.1. The van der Waals surface area contributed by atoms with Gasteiger partial charge in [-0.1, -0.05) is 17.7 Å². The molecule has 1 heterocycles. The fourth-order valence-corrected chi connectivity index (χ4v) is 3.45. The monoisotopic (exact) mass is 355 g/mol. The first-order valence-corrected chi connectivity index (χ1v) is 9.10. The number of benzene rings is 1. The number of carboxylic acids is 1. The number of sulfonamides is 1. The van der Waals surface area contributed by atoms with Gasteiger partial charge in [0.1, 0.15) is 0 Å². The van der Waals surface area contributed by atoms with Gasteiger partial charge in [-0.3, -0.25) is 4.79 Å². The first-order valence-electron chi connectivity index (χ1n) is 7.61. The molecule has 132 valence electrons. The van der Waals surface area contributed by atoms with Crippen LogP contribution in [0.5, 0.6) is 0 Å². The van der Waals surface area contributed by atoms with Gasteiger partial charge >= 0.3 is 12.0 Å². The van der Waals surface area contributed by atoms with E-state index in [1.165, 1.54) is 17.0 Å². The summed E-state index contributed by atoms with van der Waals surface area (Å²) in [5.74, 6) is -1.44. The van der Waals surface area contributed by atoms with E-state index in [1.54, 1.807) is 12.1 Å². The number of urea groups is 1. The lowest BCUT2D eigenvalue weighted by Gasteiger charge is -2.16. The van der Waals surface area contributed by atoms with Gasteiger partial charge in [0.05, 0.1) is 10.8 Å². The van der Waals surface area contributed by atoms with Crippen molar-refractivity contribution in [3.8, 4) is 0 Å². The van der Waals surface area contributed by atoms with Gasteiger partial charge in [-0.2, -0.15) is 0 Å².